The van der Waals surface area contributed by atoms with Crippen LogP contribution in [0.5, 0.6) is 0 Å². The number of nitrogens with one attached hydrogen (secondary N) is 1. The standard InChI is InChI=1S/C23H27N3O/c1-2-21(27)7-5-3-4-6-8-23-25-17-22(26-23)20-11-9-18(10-12-20)19-13-15-24-16-14-19/h9-17H,2-8H2,1H3,(H,25,26). The molecule has 2 aromatic heterocycles. The monoisotopic (exact) mass is 361 g/mol. The molecule has 0 radical (unpaired) electrons. The van der Waals surface area contributed by atoms with Crippen molar-refractivity contribution in [2.75, 3.05) is 0 Å². The zero-order valence-corrected chi connectivity index (χ0v) is 15.9. The van der Waals surface area contributed by atoms with Crippen molar-refractivity contribution in [2.24, 2.45) is 0 Å². The Morgan fingerprint density at radius 3 is 2.30 bits per heavy atom. The van der Waals surface area contributed by atoms with E-state index in [1.54, 1.807) is 0 Å². The number of aromatic nitrogens is 3. The third-order valence-electron chi connectivity index (χ3n) is 4.85. The summed E-state index contributed by atoms with van der Waals surface area (Å²) in [4.78, 5) is 23.3. The molecule has 27 heavy (non-hydrogen) atoms. The topological polar surface area (TPSA) is 58.6 Å². The molecule has 0 unspecified atom stereocenters. The number of pyridine rings is 1. The number of hydrogen-bond acceptors (Lipinski definition) is 3. The third-order valence-corrected chi connectivity index (χ3v) is 4.85. The lowest BCUT2D eigenvalue weighted by atomic mass is 10.0. The summed E-state index contributed by atoms with van der Waals surface area (Å²) in [5, 5.41) is 0. The van der Waals surface area contributed by atoms with Crippen molar-refractivity contribution in [3.05, 3.63) is 60.8 Å². The molecule has 0 amide bonds. The summed E-state index contributed by atoms with van der Waals surface area (Å²) in [5.74, 6) is 1.41. The second-order valence-corrected chi connectivity index (χ2v) is 6.86. The first kappa shape index (κ1) is 19.0. The fraction of sp³-hybridized carbons (Fsp3) is 0.348. The van der Waals surface area contributed by atoms with Crippen molar-refractivity contribution in [1.29, 1.82) is 0 Å². The van der Waals surface area contributed by atoms with Crippen LogP contribution in [0.3, 0.4) is 0 Å². The number of nitrogens with zero attached hydrogens (tertiary/aromatic N) is 2. The van der Waals surface area contributed by atoms with Gasteiger partial charge in [0.1, 0.15) is 11.6 Å². The number of imidazole rings is 1. The first-order valence-electron chi connectivity index (χ1n) is 9.82. The van der Waals surface area contributed by atoms with Crippen molar-refractivity contribution < 1.29 is 4.79 Å². The molecule has 2 heterocycles. The molecular formula is C23H27N3O. The molecule has 0 aliphatic heterocycles. The van der Waals surface area contributed by atoms with Crippen molar-refractivity contribution >= 4 is 5.78 Å². The molecule has 1 aromatic carbocycles. The number of unbranched alkanes of at least 4 members (excludes halogenated alkanes) is 3. The number of rotatable bonds is 10. The number of aromatic amines is 1. The van der Waals surface area contributed by atoms with E-state index in [1.165, 1.54) is 11.1 Å². The molecule has 0 atom stereocenters. The molecule has 4 nitrogen and oxygen atoms in total. The number of carbonyl (C=O) groups excluding carboxylic acids is 1. The van der Waals surface area contributed by atoms with E-state index < -0.39 is 0 Å². The minimum absolute atomic E-state index is 0.376. The molecule has 3 aromatic rings. The quantitative estimate of drug-likeness (QED) is 0.477. The Labute approximate surface area is 161 Å². The Bertz CT molecular complexity index is 838. The highest BCUT2D eigenvalue weighted by Crippen LogP contribution is 2.23. The summed E-state index contributed by atoms with van der Waals surface area (Å²) in [6, 6.07) is 12.5. The average molecular weight is 361 g/mol. The Balaban J connectivity index is 1.48. The molecular weight excluding hydrogens is 334 g/mol. The predicted molar refractivity (Wildman–Crippen MR) is 109 cm³/mol. The lowest BCUT2D eigenvalue weighted by Gasteiger charge is -2.03. The first-order chi connectivity index (χ1) is 13.3. The van der Waals surface area contributed by atoms with Crippen LogP contribution in [-0.2, 0) is 11.2 Å². The molecule has 140 valence electrons. The van der Waals surface area contributed by atoms with E-state index in [0.29, 0.717) is 12.2 Å². The number of carbonyl (C=O) groups is 1. The number of H-pyrrole nitrogens is 1. The molecule has 0 saturated heterocycles. The van der Waals surface area contributed by atoms with Crippen LogP contribution in [0.1, 0.15) is 51.3 Å². The van der Waals surface area contributed by atoms with Gasteiger partial charge in [-0.25, -0.2) is 4.98 Å². The summed E-state index contributed by atoms with van der Waals surface area (Å²) in [6.07, 6.45) is 12.3. The van der Waals surface area contributed by atoms with Gasteiger partial charge in [-0.1, -0.05) is 44.0 Å². The van der Waals surface area contributed by atoms with Crippen LogP contribution in [0.4, 0.5) is 0 Å². The summed E-state index contributed by atoms with van der Waals surface area (Å²) in [5.41, 5.74) is 4.55. The van der Waals surface area contributed by atoms with Gasteiger partial charge in [-0.05, 0) is 41.7 Å². The first-order valence-corrected chi connectivity index (χ1v) is 9.82. The third kappa shape index (κ3) is 5.61. The van der Waals surface area contributed by atoms with Crippen LogP contribution in [0.25, 0.3) is 22.4 Å². The van der Waals surface area contributed by atoms with Gasteiger partial charge in [-0.15, -0.1) is 0 Å². The summed E-state index contributed by atoms with van der Waals surface area (Å²) in [6.45, 7) is 1.93. The van der Waals surface area contributed by atoms with E-state index in [9.17, 15) is 4.79 Å². The van der Waals surface area contributed by atoms with Gasteiger partial charge < -0.3 is 4.98 Å². The summed E-state index contributed by atoms with van der Waals surface area (Å²) >= 11 is 0. The van der Waals surface area contributed by atoms with Crippen molar-refractivity contribution in [3.8, 4) is 22.4 Å². The van der Waals surface area contributed by atoms with Crippen LogP contribution < -0.4 is 0 Å². The van der Waals surface area contributed by atoms with Crippen LogP contribution >= 0.6 is 0 Å². The normalized spacial score (nSPS) is 10.9. The Hall–Kier alpha value is -2.75. The zero-order chi connectivity index (χ0) is 18.9. The molecule has 0 bridgehead atoms. The number of hydrogen-bond donors (Lipinski definition) is 1. The highest BCUT2D eigenvalue weighted by molar-refractivity contribution is 5.77. The molecule has 0 aliphatic rings. The van der Waals surface area contributed by atoms with E-state index in [2.05, 4.69) is 39.2 Å². The average Bonchev–Trinajstić information content (AvgIpc) is 3.20. The van der Waals surface area contributed by atoms with Gasteiger partial charge in [0.05, 0.1) is 11.9 Å². The van der Waals surface area contributed by atoms with E-state index in [4.69, 9.17) is 0 Å². The summed E-state index contributed by atoms with van der Waals surface area (Å²) in [7, 11) is 0. The van der Waals surface area contributed by atoms with Gasteiger partial charge in [0.2, 0.25) is 0 Å². The van der Waals surface area contributed by atoms with Crippen LogP contribution in [0.2, 0.25) is 0 Å². The molecule has 1 N–H and O–H groups in total. The lowest BCUT2D eigenvalue weighted by Crippen LogP contribution is -1.94. The molecule has 0 fully saturated rings. The van der Waals surface area contributed by atoms with E-state index >= 15 is 0 Å². The van der Waals surface area contributed by atoms with Gasteiger partial charge in [-0.2, -0.15) is 0 Å². The summed E-state index contributed by atoms with van der Waals surface area (Å²) < 4.78 is 0. The van der Waals surface area contributed by atoms with Crippen LogP contribution in [0, 0.1) is 0 Å². The predicted octanol–water partition coefficient (Wildman–Crippen LogP) is 5.61. The van der Waals surface area contributed by atoms with Crippen molar-refractivity contribution in [2.45, 2.75) is 51.9 Å². The SMILES string of the molecule is CCC(=O)CCCCCCc1ncc(-c2ccc(-c3ccncc3)cc2)[nH]1. The maximum Gasteiger partial charge on any atom is 0.132 e. The van der Waals surface area contributed by atoms with E-state index in [0.717, 1.165) is 55.6 Å². The fourth-order valence-electron chi connectivity index (χ4n) is 3.17. The number of Topliss-reactive ketones (excluding diaryl/α,β-unsaturated/α-hetero) is 1. The minimum atomic E-state index is 0.376. The fourth-order valence-corrected chi connectivity index (χ4v) is 3.17. The highest BCUT2D eigenvalue weighted by Gasteiger charge is 2.05. The van der Waals surface area contributed by atoms with Crippen molar-refractivity contribution in [3.63, 3.8) is 0 Å². The Morgan fingerprint density at radius 2 is 1.56 bits per heavy atom. The maximum absolute atomic E-state index is 11.3. The molecule has 0 saturated carbocycles. The zero-order valence-electron chi connectivity index (χ0n) is 15.9. The molecule has 4 heteroatoms. The number of benzene rings is 1. The largest absolute Gasteiger partial charge is 0.342 e. The second kappa shape index (κ2) is 9.81. The highest BCUT2D eigenvalue weighted by atomic mass is 16.1. The van der Waals surface area contributed by atoms with Gasteiger partial charge in [0.15, 0.2) is 0 Å². The smallest absolute Gasteiger partial charge is 0.132 e. The van der Waals surface area contributed by atoms with Crippen molar-refractivity contribution in [1.82, 2.24) is 15.0 Å². The van der Waals surface area contributed by atoms with Crippen LogP contribution in [-0.4, -0.2) is 20.7 Å². The van der Waals surface area contributed by atoms with Gasteiger partial charge in [0.25, 0.3) is 0 Å². The van der Waals surface area contributed by atoms with E-state index in [-0.39, 0.29) is 0 Å². The molecule has 0 aliphatic carbocycles. The Morgan fingerprint density at radius 1 is 0.889 bits per heavy atom. The number of aryl methyl sites for hydroxylation is 1. The van der Waals surface area contributed by atoms with Gasteiger partial charge in [-0.3, -0.25) is 9.78 Å². The lowest BCUT2D eigenvalue weighted by molar-refractivity contribution is -0.118. The minimum Gasteiger partial charge on any atom is -0.342 e. The Kier molecular flexibility index (Phi) is 6.91. The van der Waals surface area contributed by atoms with Gasteiger partial charge in [0, 0.05) is 31.7 Å². The molecule has 0 spiro atoms. The molecule has 3 rings (SSSR count). The second-order valence-electron chi connectivity index (χ2n) is 6.86. The van der Waals surface area contributed by atoms with Crippen LogP contribution in [0.15, 0.2) is 55.0 Å². The van der Waals surface area contributed by atoms with Gasteiger partial charge >= 0.3 is 0 Å². The van der Waals surface area contributed by atoms with E-state index in [1.807, 2.05) is 37.6 Å². The number of ketones is 1. The maximum atomic E-state index is 11.3.